The van der Waals surface area contributed by atoms with Gasteiger partial charge >= 0.3 is 0 Å². The van der Waals surface area contributed by atoms with Gasteiger partial charge in [-0.05, 0) is 50.2 Å². The average molecular weight is 647 g/mol. The van der Waals surface area contributed by atoms with E-state index >= 15 is 0 Å². The predicted octanol–water partition coefficient (Wildman–Crippen LogP) is 3.43. The molecule has 12 nitrogen and oxygen atoms in total. The Morgan fingerprint density at radius 2 is 1.87 bits per heavy atom. The van der Waals surface area contributed by atoms with Crippen LogP contribution in [0, 0.1) is 5.92 Å². The maximum atomic E-state index is 13.5. The van der Waals surface area contributed by atoms with Crippen molar-refractivity contribution in [1.29, 1.82) is 0 Å². The summed E-state index contributed by atoms with van der Waals surface area (Å²) in [6.45, 7) is 9.37. The van der Waals surface area contributed by atoms with Crippen molar-refractivity contribution in [2.45, 2.75) is 76.5 Å². The minimum absolute atomic E-state index is 0.0780. The van der Waals surface area contributed by atoms with Gasteiger partial charge in [-0.2, -0.15) is 4.98 Å². The topological polar surface area (TPSA) is 115 Å². The van der Waals surface area contributed by atoms with Crippen molar-refractivity contribution in [3.63, 3.8) is 0 Å². The molecule has 1 saturated heterocycles. The smallest absolute Gasteiger partial charge is 0.251 e. The molecule has 1 aromatic heterocycles. The lowest BCUT2D eigenvalue weighted by atomic mass is 10.0. The first-order chi connectivity index (χ1) is 22.9. The fourth-order valence-electron chi connectivity index (χ4n) is 7.80. The Hall–Kier alpha value is -3.48. The number of carbonyl (C=O) groups is 2. The van der Waals surface area contributed by atoms with Crippen LogP contribution in [0.4, 0.5) is 23.1 Å². The Bertz CT molecular complexity index is 1450. The predicted molar refractivity (Wildman–Crippen MR) is 182 cm³/mol. The molecule has 12 heteroatoms. The summed E-state index contributed by atoms with van der Waals surface area (Å²) in [7, 11) is 3.53. The van der Waals surface area contributed by atoms with Gasteiger partial charge in [0.15, 0.2) is 5.82 Å². The number of ether oxygens (including phenoxy) is 2. The van der Waals surface area contributed by atoms with Crippen molar-refractivity contribution in [1.82, 2.24) is 25.1 Å². The highest BCUT2D eigenvalue weighted by Gasteiger charge is 2.41. The second kappa shape index (κ2) is 13.9. The fraction of sp³-hybridized carbons (Fsp3) is 0.657. The van der Waals surface area contributed by atoms with E-state index in [9.17, 15) is 9.59 Å². The highest BCUT2D eigenvalue weighted by Crippen LogP contribution is 2.41. The number of likely N-dealkylation sites (N-methyl/N-ethyl adjacent to an activating group) is 1. The molecule has 5 aliphatic rings. The van der Waals surface area contributed by atoms with Crippen LogP contribution >= 0.6 is 0 Å². The Kier molecular flexibility index (Phi) is 9.51. The second-order valence-electron chi connectivity index (χ2n) is 13.9. The number of aromatic nitrogens is 2. The molecule has 2 atom stereocenters. The van der Waals surface area contributed by atoms with Crippen molar-refractivity contribution < 1.29 is 19.1 Å². The van der Waals surface area contributed by atoms with E-state index in [1.165, 1.54) is 32.2 Å². The number of nitrogens with one attached hydrogen (secondary N) is 2. The van der Waals surface area contributed by atoms with Crippen molar-refractivity contribution in [3.05, 3.63) is 29.5 Å². The first-order valence-electron chi connectivity index (χ1n) is 17.7. The summed E-state index contributed by atoms with van der Waals surface area (Å²) in [6, 6.07) is 3.79. The molecule has 3 fully saturated rings. The third-order valence-electron chi connectivity index (χ3n) is 10.7. The normalized spacial score (nSPS) is 22.6. The van der Waals surface area contributed by atoms with Crippen LogP contribution in [0.5, 0.6) is 5.75 Å². The molecule has 47 heavy (non-hydrogen) atoms. The monoisotopic (exact) mass is 646 g/mol. The van der Waals surface area contributed by atoms with Gasteiger partial charge in [0, 0.05) is 83.6 Å². The molecule has 2 saturated carbocycles. The summed E-state index contributed by atoms with van der Waals surface area (Å²) >= 11 is 0. The number of fused-ring (bicyclic) bond motifs is 2. The number of hydrogen-bond donors (Lipinski definition) is 2. The van der Waals surface area contributed by atoms with Crippen molar-refractivity contribution in [2.24, 2.45) is 5.92 Å². The fourth-order valence-corrected chi connectivity index (χ4v) is 7.80. The van der Waals surface area contributed by atoms with Gasteiger partial charge in [-0.3, -0.25) is 14.5 Å². The van der Waals surface area contributed by atoms with Gasteiger partial charge in [-0.15, -0.1) is 0 Å². The average Bonchev–Trinajstić information content (AvgIpc) is 3.50. The number of piperazine rings is 1. The number of anilines is 4. The zero-order valence-corrected chi connectivity index (χ0v) is 28.2. The molecule has 254 valence electrons. The maximum absolute atomic E-state index is 13.5. The molecular weight excluding hydrogens is 596 g/mol. The van der Waals surface area contributed by atoms with Crippen LogP contribution in [0.15, 0.2) is 18.3 Å². The SMILES string of the molecule is CCC1C(=O)N(C)c2cnc(Nc3ccc(C(=O)NCC(CN4CCN(CC5CC5)CC4)OC)c4c3OCC4)nc2N1C1CCCC1. The van der Waals surface area contributed by atoms with Gasteiger partial charge in [0.2, 0.25) is 11.9 Å². The number of nitrogens with zero attached hydrogens (tertiary/aromatic N) is 6. The van der Waals surface area contributed by atoms with Gasteiger partial charge < -0.3 is 34.8 Å². The molecule has 2 aromatic rings. The van der Waals surface area contributed by atoms with Crippen LogP contribution in [0.2, 0.25) is 0 Å². The van der Waals surface area contributed by atoms with Crippen LogP contribution < -0.4 is 25.2 Å². The molecule has 2 unspecified atom stereocenters. The Labute approximate surface area is 278 Å². The standard InChI is InChI=1S/C35H50N8O4/c1-4-29-34(45)40(2)30-20-37-35(39-32(30)43(29)24-7-5-6-8-24)38-28-12-11-27(26-13-18-47-31(26)28)33(44)36-19-25(46-3)22-42-16-14-41(15-17-42)21-23-9-10-23/h11-12,20,23-25,29H,4-10,13-19,21-22H2,1-3H3,(H,36,44)(H,37,38,39). The van der Waals surface area contributed by atoms with Gasteiger partial charge in [-0.25, -0.2) is 4.98 Å². The Morgan fingerprint density at radius 1 is 1.11 bits per heavy atom. The van der Waals surface area contributed by atoms with Crippen LogP contribution in [-0.2, 0) is 16.0 Å². The molecule has 0 radical (unpaired) electrons. The third-order valence-corrected chi connectivity index (χ3v) is 10.7. The number of rotatable bonds is 12. The van der Waals surface area contributed by atoms with E-state index in [-0.39, 0.29) is 24.0 Å². The van der Waals surface area contributed by atoms with Gasteiger partial charge in [0.05, 0.1) is 24.6 Å². The van der Waals surface area contributed by atoms with E-state index in [2.05, 4.69) is 37.2 Å². The third kappa shape index (κ3) is 6.77. The van der Waals surface area contributed by atoms with Crippen LogP contribution in [0.3, 0.4) is 0 Å². The molecule has 0 bridgehead atoms. The van der Waals surface area contributed by atoms with Crippen LogP contribution in [0.25, 0.3) is 0 Å². The molecule has 2 N–H and O–H groups in total. The van der Waals surface area contributed by atoms with E-state index in [1.54, 1.807) is 18.2 Å². The van der Waals surface area contributed by atoms with Crippen LogP contribution in [-0.4, -0.2) is 116 Å². The van der Waals surface area contributed by atoms with Gasteiger partial charge in [0.25, 0.3) is 5.91 Å². The number of amides is 2. The molecule has 2 amide bonds. The molecule has 0 spiro atoms. The summed E-state index contributed by atoms with van der Waals surface area (Å²) < 4.78 is 11.8. The summed E-state index contributed by atoms with van der Waals surface area (Å²) in [5.74, 6) is 2.80. The zero-order chi connectivity index (χ0) is 32.5. The number of benzene rings is 1. The number of carbonyl (C=O) groups excluding carboxylic acids is 2. The minimum atomic E-state index is -0.233. The first kappa shape index (κ1) is 32.1. The molecule has 7 rings (SSSR count). The number of hydrogen-bond acceptors (Lipinski definition) is 10. The Balaban J connectivity index is 1.02. The summed E-state index contributed by atoms with van der Waals surface area (Å²) in [5, 5.41) is 6.50. The first-order valence-corrected chi connectivity index (χ1v) is 17.7. The van der Waals surface area contributed by atoms with Crippen LogP contribution in [0.1, 0.15) is 67.8 Å². The summed E-state index contributed by atoms with van der Waals surface area (Å²) in [6.07, 6.45) is 10.3. The molecule has 4 heterocycles. The lowest BCUT2D eigenvalue weighted by Crippen LogP contribution is -2.55. The maximum Gasteiger partial charge on any atom is 0.251 e. The molecule has 1 aromatic carbocycles. The van der Waals surface area contributed by atoms with Gasteiger partial charge in [-0.1, -0.05) is 19.8 Å². The molecule has 2 aliphatic carbocycles. The zero-order valence-electron chi connectivity index (χ0n) is 28.2. The summed E-state index contributed by atoms with van der Waals surface area (Å²) in [4.78, 5) is 45.3. The second-order valence-corrected chi connectivity index (χ2v) is 13.9. The highest BCUT2D eigenvalue weighted by molar-refractivity contribution is 6.04. The lowest BCUT2D eigenvalue weighted by molar-refractivity contribution is -0.120. The van der Waals surface area contributed by atoms with Crippen molar-refractivity contribution in [2.75, 3.05) is 81.7 Å². The number of methoxy groups -OCH3 is 1. The quantitative estimate of drug-likeness (QED) is 0.356. The minimum Gasteiger partial charge on any atom is -0.491 e. The molecule has 3 aliphatic heterocycles. The molecular formula is C35H50N8O4. The Morgan fingerprint density at radius 3 is 2.60 bits per heavy atom. The van der Waals surface area contributed by atoms with E-state index in [4.69, 9.17) is 14.5 Å². The van der Waals surface area contributed by atoms with Crippen molar-refractivity contribution in [3.8, 4) is 5.75 Å². The van der Waals surface area contributed by atoms with Gasteiger partial charge in [0.1, 0.15) is 17.5 Å². The lowest BCUT2D eigenvalue weighted by Gasteiger charge is -2.43. The van der Waals surface area contributed by atoms with E-state index < -0.39 is 0 Å². The largest absolute Gasteiger partial charge is 0.491 e. The van der Waals surface area contributed by atoms with E-state index in [0.29, 0.717) is 42.9 Å². The highest BCUT2D eigenvalue weighted by atomic mass is 16.5. The van der Waals surface area contributed by atoms with Crippen molar-refractivity contribution >= 4 is 35.0 Å². The summed E-state index contributed by atoms with van der Waals surface area (Å²) in [5.41, 5.74) is 2.96. The van der Waals surface area contributed by atoms with E-state index in [1.807, 2.05) is 19.2 Å². The van der Waals surface area contributed by atoms with E-state index in [0.717, 1.165) is 80.7 Å².